The number of halogens is 1. The molecule has 0 bridgehead atoms. The molecule has 9 nitrogen and oxygen atoms in total. The highest BCUT2D eigenvalue weighted by Gasteiger charge is 2.63. The summed E-state index contributed by atoms with van der Waals surface area (Å²) in [7, 11) is 0. The summed E-state index contributed by atoms with van der Waals surface area (Å²) in [5, 5.41) is 23.9. The molecule has 2 atom stereocenters. The number of ether oxygens (including phenoxy) is 1. The van der Waals surface area contributed by atoms with Gasteiger partial charge in [-0.2, -0.15) is 4.68 Å². The summed E-state index contributed by atoms with van der Waals surface area (Å²) in [4.78, 5) is 14.4. The summed E-state index contributed by atoms with van der Waals surface area (Å²) < 4.78 is 8.34. The Morgan fingerprint density at radius 3 is 2.53 bits per heavy atom. The third-order valence-electron chi connectivity index (χ3n) is 9.58. The smallest absolute Gasteiger partial charge is 0.409 e. The van der Waals surface area contributed by atoms with E-state index in [2.05, 4.69) is 64.1 Å². The van der Waals surface area contributed by atoms with Crippen molar-refractivity contribution in [1.82, 2.24) is 25.1 Å². The monoisotopic (exact) mass is 649 g/mol. The normalized spacial score (nSPS) is 19.6. The second-order valence-electron chi connectivity index (χ2n) is 13.1. The number of likely N-dealkylation sites (tertiary alicyclic amines) is 1. The highest BCUT2D eigenvalue weighted by atomic mass is 35.5. The van der Waals surface area contributed by atoms with Crippen molar-refractivity contribution >= 4 is 17.7 Å². The Bertz CT molecular complexity index is 1870. The van der Waals surface area contributed by atoms with Gasteiger partial charge in [-0.1, -0.05) is 80.0 Å². The summed E-state index contributed by atoms with van der Waals surface area (Å²) >= 11 is 6.42. The van der Waals surface area contributed by atoms with Crippen LogP contribution < -0.4 is 4.73 Å². The Balaban J connectivity index is 1.21. The minimum absolute atomic E-state index is 0.198. The summed E-state index contributed by atoms with van der Waals surface area (Å²) in [5.74, 6) is 0.851. The molecule has 1 amide bonds. The molecular weight excluding hydrogens is 612 g/mol. The lowest BCUT2D eigenvalue weighted by molar-refractivity contribution is -0.910. The molecule has 5 aromatic rings. The molecule has 1 aliphatic carbocycles. The van der Waals surface area contributed by atoms with Crippen LogP contribution in [-0.2, 0) is 10.2 Å². The molecule has 2 aliphatic rings. The first-order chi connectivity index (χ1) is 22.8. The molecule has 1 unspecified atom stereocenters. The standard InChI is InChI=1S/C37H38ClN6O3/c1-25(2)23-47-36(45)42-17-15-26(16-18-42)28-9-6-10-30(19-28)37(21-33(37)27-7-4-3-5-8-27)35-14-11-29(22-44(35)46)32-20-31(38)12-13-34(32)43-24-39-40-41-43/h3-14,19-20,22,24-26,33,46H,15-18,21,23H2,1-2H3/q+1/t33-,37?/m0/s1. The highest BCUT2D eigenvalue weighted by Crippen LogP contribution is 2.63. The Hall–Kier alpha value is -4.76. The molecule has 1 saturated carbocycles. The van der Waals surface area contributed by atoms with E-state index in [1.54, 1.807) is 16.9 Å². The third-order valence-corrected chi connectivity index (χ3v) is 9.82. The van der Waals surface area contributed by atoms with E-state index in [-0.39, 0.29) is 12.0 Å². The number of carbonyl (C=O) groups is 1. The Morgan fingerprint density at radius 2 is 1.81 bits per heavy atom. The first-order valence-electron chi connectivity index (χ1n) is 16.2. The third kappa shape index (κ3) is 6.07. The largest absolute Gasteiger partial charge is 0.449 e. The van der Waals surface area contributed by atoms with E-state index < -0.39 is 5.41 Å². The van der Waals surface area contributed by atoms with Crippen LogP contribution >= 0.6 is 11.6 Å². The molecule has 240 valence electrons. The lowest BCUT2D eigenvalue weighted by Crippen LogP contribution is -2.40. The predicted molar refractivity (Wildman–Crippen MR) is 178 cm³/mol. The van der Waals surface area contributed by atoms with Crippen molar-refractivity contribution in [1.29, 1.82) is 0 Å². The average Bonchev–Trinajstić information content (AvgIpc) is 3.61. The molecule has 0 spiro atoms. The summed E-state index contributed by atoms with van der Waals surface area (Å²) in [5.41, 5.74) is 6.42. The SMILES string of the molecule is CC(C)COC(=O)N1CCC(c2cccc(C3(c4ccc(-c5cc(Cl)ccc5-n5cnnn5)c[n+]4O)C[C@H]3c3ccccc3)c2)CC1. The van der Waals surface area contributed by atoms with Crippen LogP contribution in [0.2, 0.25) is 5.02 Å². The lowest BCUT2D eigenvalue weighted by atomic mass is 9.82. The van der Waals surface area contributed by atoms with Gasteiger partial charge in [0.05, 0.1) is 23.3 Å². The van der Waals surface area contributed by atoms with Crippen molar-refractivity contribution in [3.63, 3.8) is 0 Å². The molecule has 3 aromatic carbocycles. The number of pyridine rings is 1. The molecule has 0 radical (unpaired) electrons. The van der Waals surface area contributed by atoms with Gasteiger partial charge in [0.15, 0.2) is 0 Å². The van der Waals surface area contributed by atoms with E-state index in [9.17, 15) is 10.0 Å². The van der Waals surface area contributed by atoms with E-state index in [4.69, 9.17) is 16.3 Å². The fraction of sp³-hybridized carbons (Fsp3) is 0.324. The van der Waals surface area contributed by atoms with Crippen LogP contribution in [0.4, 0.5) is 4.79 Å². The number of carbonyl (C=O) groups excluding carboxylic acids is 1. The van der Waals surface area contributed by atoms with Crippen molar-refractivity contribution in [2.24, 2.45) is 5.92 Å². The first-order valence-corrected chi connectivity index (χ1v) is 16.6. The molecule has 10 heteroatoms. The molecule has 47 heavy (non-hydrogen) atoms. The maximum absolute atomic E-state index is 12.6. The van der Waals surface area contributed by atoms with Gasteiger partial charge in [-0.05, 0) is 82.5 Å². The van der Waals surface area contributed by atoms with E-state index >= 15 is 0 Å². The molecule has 1 aliphatic heterocycles. The van der Waals surface area contributed by atoms with Crippen LogP contribution in [-0.4, -0.2) is 56.1 Å². The Morgan fingerprint density at radius 1 is 1.02 bits per heavy atom. The average molecular weight is 650 g/mol. The van der Waals surface area contributed by atoms with Crippen LogP contribution in [0.1, 0.15) is 67.3 Å². The van der Waals surface area contributed by atoms with Gasteiger partial charge < -0.3 is 9.64 Å². The van der Waals surface area contributed by atoms with Crippen molar-refractivity contribution in [3.05, 3.63) is 125 Å². The highest BCUT2D eigenvalue weighted by molar-refractivity contribution is 6.31. The molecular formula is C37H38ClN6O3+. The van der Waals surface area contributed by atoms with Gasteiger partial charge in [-0.15, -0.1) is 5.10 Å². The number of aromatic nitrogens is 5. The molecule has 2 aromatic heterocycles. The van der Waals surface area contributed by atoms with E-state index in [1.807, 2.05) is 49.1 Å². The number of nitrogens with zero attached hydrogens (tertiary/aromatic N) is 6. The van der Waals surface area contributed by atoms with Crippen molar-refractivity contribution < 1.29 is 19.5 Å². The van der Waals surface area contributed by atoms with Crippen LogP contribution in [0, 0.1) is 5.92 Å². The van der Waals surface area contributed by atoms with E-state index in [1.165, 1.54) is 27.7 Å². The molecule has 7 rings (SSSR count). The number of hydrogen-bond acceptors (Lipinski definition) is 6. The Labute approximate surface area is 279 Å². The second kappa shape index (κ2) is 12.8. The molecule has 2 fully saturated rings. The maximum Gasteiger partial charge on any atom is 0.409 e. The maximum atomic E-state index is 12.6. The van der Waals surface area contributed by atoms with E-state index in [0.717, 1.165) is 41.8 Å². The van der Waals surface area contributed by atoms with Gasteiger partial charge in [0.2, 0.25) is 11.9 Å². The number of hydrogen-bond donors (Lipinski definition) is 1. The van der Waals surface area contributed by atoms with Crippen LogP contribution in [0.15, 0.2) is 97.5 Å². The van der Waals surface area contributed by atoms with Gasteiger partial charge >= 0.3 is 6.09 Å². The van der Waals surface area contributed by atoms with Gasteiger partial charge in [0, 0.05) is 40.4 Å². The number of tetrazole rings is 1. The van der Waals surface area contributed by atoms with Crippen molar-refractivity contribution in [3.8, 4) is 16.8 Å². The number of benzene rings is 3. The summed E-state index contributed by atoms with van der Waals surface area (Å²) in [6.45, 7) is 5.89. The minimum atomic E-state index is -0.418. The quantitative estimate of drug-likeness (QED) is 0.144. The first kappa shape index (κ1) is 30.9. The van der Waals surface area contributed by atoms with E-state index in [0.29, 0.717) is 36.6 Å². The van der Waals surface area contributed by atoms with Crippen LogP contribution in [0.5, 0.6) is 0 Å². The minimum Gasteiger partial charge on any atom is -0.449 e. The van der Waals surface area contributed by atoms with Crippen molar-refractivity contribution in [2.45, 2.75) is 50.4 Å². The van der Waals surface area contributed by atoms with Gasteiger partial charge in [-0.25, -0.2) is 4.79 Å². The summed E-state index contributed by atoms with van der Waals surface area (Å²) in [6, 6.07) is 28.9. The fourth-order valence-corrected chi connectivity index (χ4v) is 7.28. The zero-order chi connectivity index (χ0) is 32.5. The topological polar surface area (TPSA) is 97.2 Å². The van der Waals surface area contributed by atoms with Crippen LogP contribution in [0.3, 0.4) is 0 Å². The zero-order valence-electron chi connectivity index (χ0n) is 26.5. The second-order valence-corrected chi connectivity index (χ2v) is 13.5. The number of rotatable bonds is 8. The summed E-state index contributed by atoms with van der Waals surface area (Å²) in [6.07, 6.45) is 5.70. The number of piperidine rings is 1. The molecule has 1 N–H and O–H groups in total. The Kier molecular flexibility index (Phi) is 8.40. The van der Waals surface area contributed by atoms with Gasteiger partial charge in [0.1, 0.15) is 6.33 Å². The van der Waals surface area contributed by atoms with Gasteiger partial charge in [0.25, 0.3) is 0 Å². The van der Waals surface area contributed by atoms with Crippen molar-refractivity contribution in [2.75, 3.05) is 19.7 Å². The number of amides is 1. The lowest BCUT2D eigenvalue weighted by Gasteiger charge is -2.32. The predicted octanol–water partition coefficient (Wildman–Crippen LogP) is 6.95. The molecule has 3 heterocycles. The zero-order valence-corrected chi connectivity index (χ0v) is 27.3. The van der Waals surface area contributed by atoms with Crippen LogP contribution in [0.25, 0.3) is 16.8 Å². The fourth-order valence-electron chi connectivity index (χ4n) is 7.11. The molecule has 1 saturated heterocycles. The van der Waals surface area contributed by atoms with Gasteiger partial charge in [-0.3, -0.25) is 5.21 Å².